The standard InChI is InChI=1S/C14H18N4O2/c1-3-9(2)18-13(6-7-15-18)16-14(19)11-8-12(20-17-11)10-4-5-10/h6-10H,3-5H2,1-2H3,(H,16,19). The van der Waals surface area contributed by atoms with Crippen molar-refractivity contribution in [1.82, 2.24) is 14.9 Å². The van der Waals surface area contributed by atoms with Gasteiger partial charge in [-0.05, 0) is 26.2 Å². The van der Waals surface area contributed by atoms with Gasteiger partial charge in [-0.2, -0.15) is 5.10 Å². The number of nitrogens with zero attached hydrogens (tertiary/aromatic N) is 3. The zero-order valence-electron chi connectivity index (χ0n) is 11.7. The molecule has 1 aliphatic rings. The summed E-state index contributed by atoms with van der Waals surface area (Å²) in [7, 11) is 0. The van der Waals surface area contributed by atoms with Crippen molar-refractivity contribution in [3.05, 3.63) is 29.8 Å². The molecule has 0 saturated heterocycles. The Morgan fingerprint density at radius 3 is 3.10 bits per heavy atom. The van der Waals surface area contributed by atoms with Crippen molar-refractivity contribution < 1.29 is 9.32 Å². The summed E-state index contributed by atoms with van der Waals surface area (Å²) in [5, 5.41) is 10.9. The molecule has 1 atom stereocenters. The van der Waals surface area contributed by atoms with Crippen molar-refractivity contribution in [2.75, 3.05) is 5.32 Å². The van der Waals surface area contributed by atoms with Gasteiger partial charge in [0.15, 0.2) is 5.69 Å². The maximum absolute atomic E-state index is 12.2. The van der Waals surface area contributed by atoms with E-state index in [1.807, 2.05) is 0 Å². The third-order valence-corrected chi connectivity index (χ3v) is 3.66. The van der Waals surface area contributed by atoms with Crippen LogP contribution in [0, 0.1) is 0 Å². The minimum Gasteiger partial charge on any atom is -0.360 e. The summed E-state index contributed by atoms with van der Waals surface area (Å²) < 4.78 is 7.00. The smallest absolute Gasteiger partial charge is 0.278 e. The number of hydrogen-bond donors (Lipinski definition) is 1. The Morgan fingerprint density at radius 1 is 1.60 bits per heavy atom. The fourth-order valence-corrected chi connectivity index (χ4v) is 2.07. The fraction of sp³-hybridized carbons (Fsp3) is 0.500. The van der Waals surface area contributed by atoms with E-state index in [0.717, 1.165) is 25.0 Å². The molecule has 3 rings (SSSR count). The van der Waals surface area contributed by atoms with Crippen molar-refractivity contribution in [2.24, 2.45) is 0 Å². The van der Waals surface area contributed by atoms with Crippen LogP contribution in [0.15, 0.2) is 22.9 Å². The first kappa shape index (κ1) is 12.9. The first-order chi connectivity index (χ1) is 9.69. The Morgan fingerprint density at radius 2 is 2.40 bits per heavy atom. The maximum Gasteiger partial charge on any atom is 0.278 e. The van der Waals surface area contributed by atoms with Crippen molar-refractivity contribution in [2.45, 2.75) is 45.1 Å². The largest absolute Gasteiger partial charge is 0.360 e. The number of nitrogens with one attached hydrogen (secondary N) is 1. The van der Waals surface area contributed by atoms with Crippen LogP contribution < -0.4 is 5.32 Å². The van der Waals surface area contributed by atoms with E-state index in [0.29, 0.717) is 17.4 Å². The first-order valence-corrected chi connectivity index (χ1v) is 7.00. The molecule has 1 N–H and O–H groups in total. The van der Waals surface area contributed by atoms with Crippen LogP contribution in [0.5, 0.6) is 0 Å². The molecule has 0 aliphatic heterocycles. The highest BCUT2D eigenvalue weighted by atomic mass is 16.5. The zero-order valence-corrected chi connectivity index (χ0v) is 11.7. The van der Waals surface area contributed by atoms with Crippen LogP contribution in [-0.4, -0.2) is 20.8 Å². The topological polar surface area (TPSA) is 73.0 Å². The van der Waals surface area contributed by atoms with E-state index in [4.69, 9.17) is 4.52 Å². The molecule has 2 heterocycles. The zero-order chi connectivity index (χ0) is 14.1. The van der Waals surface area contributed by atoms with Gasteiger partial charge in [-0.15, -0.1) is 0 Å². The van der Waals surface area contributed by atoms with Crippen molar-refractivity contribution >= 4 is 11.7 Å². The molecule has 1 unspecified atom stereocenters. The van der Waals surface area contributed by atoms with Gasteiger partial charge in [-0.1, -0.05) is 12.1 Å². The summed E-state index contributed by atoms with van der Waals surface area (Å²) >= 11 is 0. The lowest BCUT2D eigenvalue weighted by atomic mass is 10.2. The van der Waals surface area contributed by atoms with Crippen molar-refractivity contribution in [3.63, 3.8) is 0 Å². The highest BCUT2D eigenvalue weighted by molar-refractivity contribution is 6.02. The monoisotopic (exact) mass is 274 g/mol. The second-order valence-corrected chi connectivity index (χ2v) is 5.26. The molecule has 6 heteroatoms. The lowest BCUT2D eigenvalue weighted by Crippen LogP contribution is -2.17. The molecular weight excluding hydrogens is 256 g/mol. The van der Waals surface area contributed by atoms with Crippen LogP contribution in [0.3, 0.4) is 0 Å². The Hall–Kier alpha value is -2.11. The lowest BCUT2D eigenvalue weighted by molar-refractivity contribution is 0.101. The van der Waals surface area contributed by atoms with E-state index in [-0.39, 0.29) is 11.9 Å². The number of anilines is 1. The maximum atomic E-state index is 12.2. The van der Waals surface area contributed by atoms with E-state index in [1.54, 1.807) is 23.0 Å². The molecule has 0 aromatic carbocycles. The summed E-state index contributed by atoms with van der Waals surface area (Å²) in [4.78, 5) is 12.2. The normalized spacial score (nSPS) is 16.1. The van der Waals surface area contributed by atoms with E-state index in [1.165, 1.54) is 0 Å². The van der Waals surface area contributed by atoms with Gasteiger partial charge < -0.3 is 9.84 Å². The molecule has 1 aliphatic carbocycles. The van der Waals surface area contributed by atoms with Crippen LogP contribution in [0.25, 0.3) is 0 Å². The van der Waals surface area contributed by atoms with Crippen LogP contribution in [-0.2, 0) is 0 Å². The summed E-state index contributed by atoms with van der Waals surface area (Å²) in [5.74, 6) is 1.69. The van der Waals surface area contributed by atoms with Gasteiger partial charge in [0.05, 0.1) is 12.2 Å². The van der Waals surface area contributed by atoms with Gasteiger partial charge in [0.25, 0.3) is 5.91 Å². The van der Waals surface area contributed by atoms with Gasteiger partial charge >= 0.3 is 0 Å². The minimum atomic E-state index is -0.259. The summed E-state index contributed by atoms with van der Waals surface area (Å²) in [6.07, 6.45) is 4.87. The molecule has 6 nitrogen and oxygen atoms in total. The number of rotatable bonds is 5. The molecule has 106 valence electrons. The Balaban J connectivity index is 1.73. The number of hydrogen-bond acceptors (Lipinski definition) is 4. The van der Waals surface area contributed by atoms with E-state index in [9.17, 15) is 4.79 Å². The average molecular weight is 274 g/mol. The first-order valence-electron chi connectivity index (χ1n) is 7.00. The molecule has 0 bridgehead atoms. The SMILES string of the molecule is CCC(C)n1nccc1NC(=O)c1cc(C2CC2)on1. The van der Waals surface area contributed by atoms with E-state index >= 15 is 0 Å². The molecular formula is C14H18N4O2. The van der Waals surface area contributed by atoms with Crippen molar-refractivity contribution in [1.29, 1.82) is 0 Å². The molecule has 1 saturated carbocycles. The number of carbonyl (C=O) groups is 1. The molecule has 20 heavy (non-hydrogen) atoms. The van der Waals surface area contributed by atoms with Crippen LogP contribution in [0.1, 0.15) is 61.3 Å². The molecule has 1 fully saturated rings. The second kappa shape index (κ2) is 5.11. The van der Waals surface area contributed by atoms with Gasteiger partial charge in [0.1, 0.15) is 11.6 Å². The van der Waals surface area contributed by atoms with Crippen molar-refractivity contribution in [3.8, 4) is 0 Å². The molecule has 1 amide bonds. The minimum absolute atomic E-state index is 0.236. The second-order valence-electron chi connectivity index (χ2n) is 5.26. The predicted molar refractivity (Wildman–Crippen MR) is 73.7 cm³/mol. The average Bonchev–Trinajstić information content (AvgIpc) is 3.01. The third-order valence-electron chi connectivity index (χ3n) is 3.66. The Kier molecular flexibility index (Phi) is 3.30. The van der Waals surface area contributed by atoms with Gasteiger partial charge in [0.2, 0.25) is 0 Å². The van der Waals surface area contributed by atoms with Gasteiger partial charge in [0, 0.05) is 18.1 Å². The lowest BCUT2D eigenvalue weighted by Gasteiger charge is -2.13. The Labute approximate surface area is 117 Å². The quantitative estimate of drug-likeness (QED) is 0.909. The Bertz CT molecular complexity index is 612. The fourth-order valence-electron chi connectivity index (χ4n) is 2.07. The number of aromatic nitrogens is 3. The van der Waals surface area contributed by atoms with Crippen LogP contribution in [0.2, 0.25) is 0 Å². The van der Waals surface area contributed by atoms with E-state index < -0.39 is 0 Å². The molecule has 0 radical (unpaired) electrons. The predicted octanol–water partition coefficient (Wildman–Crippen LogP) is 2.97. The highest BCUT2D eigenvalue weighted by Crippen LogP contribution is 2.40. The number of amides is 1. The van der Waals surface area contributed by atoms with Gasteiger partial charge in [-0.25, -0.2) is 4.68 Å². The summed E-state index contributed by atoms with van der Waals surface area (Å²) in [6, 6.07) is 3.75. The summed E-state index contributed by atoms with van der Waals surface area (Å²) in [6.45, 7) is 4.14. The van der Waals surface area contributed by atoms with Crippen LogP contribution in [0.4, 0.5) is 5.82 Å². The van der Waals surface area contributed by atoms with Crippen LogP contribution >= 0.6 is 0 Å². The molecule has 2 aromatic heterocycles. The van der Waals surface area contributed by atoms with E-state index in [2.05, 4.69) is 29.4 Å². The van der Waals surface area contributed by atoms with Gasteiger partial charge in [-0.3, -0.25) is 4.79 Å². The number of carbonyl (C=O) groups excluding carboxylic acids is 1. The molecule has 0 spiro atoms. The third kappa shape index (κ3) is 2.45. The highest BCUT2D eigenvalue weighted by Gasteiger charge is 2.29. The summed E-state index contributed by atoms with van der Waals surface area (Å²) in [5.41, 5.74) is 0.323. The molecule has 2 aromatic rings.